The van der Waals surface area contributed by atoms with Gasteiger partial charge in [-0.3, -0.25) is 4.99 Å². The van der Waals surface area contributed by atoms with Crippen molar-refractivity contribution in [1.82, 2.24) is 0 Å². The van der Waals surface area contributed by atoms with E-state index in [1.807, 2.05) is 0 Å². The van der Waals surface area contributed by atoms with Gasteiger partial charge < -0.3 is 21.1 Å². The Kier molecular flexibility index (Phi) is 5.32. The van der Waals surface area contributed by atoms with Crippen molar-refractivity contribution >= 4 is 12.2 Å². The van der Waals surface area contributed by atoms with Crippen molar-refractivity contribution in [3.8, 4) is 11.5 Å². The Morgan fingerprint density at radius 2 is 2.16 bits per heavy atom. The molecule has 0 aliphatic heterocycles. The Morgan fingerprint density at radius 1 is 1.47 bits per heavy atom. The molecule has 1 rings (SSSR count). The molecule has 0 bridgehead atoms. The number of carboxylic acid groups (broad SMARTS) is 1. The van der Waals surface area contributed by atoms with Crippen molar-refractivity contribution in [1.29, 1.82) is 0 Å². The minimum atomic E-state index is -1.03. The van der Waals surface area contributed by atoms with Crippen molar-refractivity contribution in [3.63, 3.8) is 0 Å². The van der Waals surface area contributed by atoms with E-state index in [1.54, 1.807) is 6.92 Å². The Morgan fingerprint density at radius 3 is 2.68 bits per heavy atom. The van der Waals surface area contributed by atoms with Gasteiger partial charge in [-0.15, -0.1) is 0 Å². The predicted molar refractivity (Wildman–Crippen MR) is 71.8 cm³/mol. The third kappa shape index (κ3) is 4.26. The fraction of sp³-hybridized carbons (Fsp3) is 0.385. The molecule has 0 saturated carbocycles. The summed E-state index contributed by atoms with van der Waals surface area (Å²) in [5.41, 5.74) is 6.35. The monoisotopic (exact) mass is 266 g/mol. The van der Waals surface area contributed by atoms with Gasteiger partial charge in [0, 0.05) is 17.8 Å². The topological polar surface area (TPSA) is 116 Å². The lowest BCUT2D eigenvalue weighted by molar-refractivity contribution is -0.138. The molecule has 0 spiro atoms. The number of hydrogen-bond donors (Lipinski definition) is 4. The highest BCUT2D eigenvalue weighted by molar-refractivity contribution is 5.88. The lowest BCUT2D eigenvalue weighted by Gasteiger charge is -2.08. The van der Waals surface area contributed by atoms with Gasteiger partial charge >= 0.3 is 5.97 Å². The van der Waals surface area contributed by atoms with Gasteiger partial charge in [-0.2, -0.15) is 0 Å². The number of carboxylic acids is 1. The van der Waals surface area contributed by atoms with E-state index in [9.17, 15) is 15.0 Å². The van der Waals surface area contributed by atoms with E-state index in [4.69, 9.17) is 10.8 Å². The zero-order chi connectivity index (χ0) is 14.4. The number of aryl methyl sites for hydroxylation is 1. The molecule has 104 valence electrons. The van der Waals surface area contributed by atoms with Gasteiger partial charge in [0.25, 0.3) is 0 Å². The van der Waals surface area contributed by atoms with Gasteiger partial charge in [0.15, 0.2) is 0 Å². The van der Waals surface area contributed by atoms with Crippen LogP contribution in [0.25, 0.3) is 0 Å². The van der Waals surface area contributed by atoms with E-state index in [0.717, 1.165) is 0 Å². The zero-order valence-electron chi connectivity index (χ0n) is 10.7. The molecule has 1 aromatic rings. The van der Waals surface area contributed by atoms with E-state index >= 15 is 0 Å². The van der Waals surface area contributed by atoms with Crippen molar-refractivity contribution in [2.24, 2.45) is 10.7 Å². The third-order valence-corrected chi connectivity index (χ3v) is 2.70. The molecule has 0 radical (unpaired) electrons. The molecule has 6 nitrogen and oxygen atoms in total. The number of nitrogens with two attached hydrogens (primary N) is 1. The lowest BCUT2D eigenvalue weighted by Crippen LogP contribution is -2.19. The minimum absolute atomic E-state index is 0.0509. The number of carbonyl (C=O) groups is 1. The van der Waals surface area contributed by atoms with Gasteiger partial charge in [0.1, 0.15) is 17.5 Å². The van der Waals surface area contributed by atoms with Crippen LogP contribution in [0.4, 0.5) is 0 Å². The molecular weight excluding hydrogens is 248 g/mol. The summed E-state index contributed by atoms with van der Waals surface area (Å²) in [5, 5.41) is 28.0. The second kappa shape index (κ2) is 6.75. The number of aliphatic imine (C=N–C) groups is 1. The van der Waals surface area contributed by atoms with Gasteiger partial charge in [-0.05, 0) is 37.9 Å². The van der Waals surface area contributed by atoms with E-state index in [-0.39, 0.29) is 11.5 Å². The van der Waals surface area contributed by atoms with E-state index in [2.05, 4.69) is 4.99 Å². The second-order valence-corrected chi connectivity index (χ2v) is 4.26. The number of nitrogens with zero attached hydrogens (tertiary/aromatic N) is 1. The van der Waals surface area contributed by atoms with Crippen LogP contribution in [0.2, 0.25) is 0 Å². The highest BCUT2D eigenvalue weighted by Gasteiger charge is 2.15. The van der Waals surface area contributed by atoms with Crippen molar-refractivity contribution < 1.29 is 20.1 Å². The summed E-state index contributed by atoms with van der Waals surface area (Å²) in [4.78, 5) is 15.0. The van der Waals surface area contributed by atoms with Crippen molar-refractivity contribution in [2.45, 2.75) is 25.8 Å². The average Bonchev–Trinajstić information content (AvgIpc) is 2.31. The van der Waals surface area contributed by atoms with Crippen LogP contribution in [0, 0.1) is 6.92 Å². The Balaban J connectivity index is 2.93. The van der Waals surface area contributed by atoms with Crippen LogP contribution in [0.5, 0.6) is 11.5 Å². The molecule has 1 atom stereocenters. The lowest BCUT2D eigenvalue weighted by atomic mass is 10.1. The summed E-state index contributed by atoms with van der Waals surface area (Å²) in [5.74, 6) is -1.21. The summed E-state index contributed by atoms with van der Waals surface area (Å²) < 4.78 is 0. The maximum absolute atomic E-state index is 11.0. The SMILES string of the molecule is Cc1cc(O)cc(O)c1C=NC(CCCN)C(=O)O. The molecule has 6 heteroatoms. The first-order valence-electron chi connectivity index (χ1n) is 5.94. The molecule has 1 unspecified atom stereocenters. The summed E-state index contributed by atoms with van der Waals surface area (Å²) in [6.07, 6.45) is 2.23. The molecule has 0 heterocycles. The van der Waals surface area contributed by atoms with Gasteiger partial charge in [0.05, 0.1) is 0 Å². The summed E-state index contributed by atoms with van der Waals surface area (Å²) in [6.45, 7) is 2.10. The predicted octanol–water partition coefficient (Wildman–Crippen LogP) is 1.02. The van der Waals surface area contributed by atoms with Crippen LogP contribution in [-0.4, -0.2) is 40.1 Å². The summed E-state index contributed by atoms with van der Waals surface area (Å²) in [6, 6.07) is 1.77. The first-order valence-corrected chi connectivity index (χ1v) is 5.94. The number of phenolic OH excluding ortho intramolecular Hbond substituents is 2. The maximum Gasteiger partial charge on any atom is 0.328 e. The number of rotatable bonds is 6. The van der Waals surface area contributed by atoms with Crippen LogP contribution in [0.1, 0.15) is 24.0 Å². The number of phenols is 2. The van der Waals surface area contributed by atoms with Crippen LogP contribution in [0.15, 0.2) is 17.1 Å². The number of aromatic hydroxyl groups is 2. The van der Waals surface area contributed by atoms with Gasteiger partial charge in [-0.25, -0.2) is 4.79 Å². The van der Waals surface area contributed by atoms with Crippen LogP contribution in [0.3, 0.4) is 0 Å². The highest BCUT2D eigenvalue weighted by Crippen LogP contribution is 2.25. The zero-order valence-corrected chi connectivity index (χ0v) is 10.7. The van der Waals surface area contributed by atoms with E-state index in [0.29, 0.717) is 30.5 Å². The minimum Gasteiger partial charge on any atom is -0.508 e. The summed E-state index contributed by atoms with van der Waals surface area (Å²) in [7, 11) is 0. The highest BCUT2D eigenvalue weighted by atomic mass is 16.4. The Labute approximate surface area is 111 Å². The van der Waals surface area contributed by atoms with Crippen LogP contribution < -0.4 is 5.73 Å². The smallest absolute Gasteiger partial charge is 0.328 e. The average molecular weight is 266 g/mol. The molecular formula is C13H18N2O4. The van der Waals surface area contributed by atoms with Crippen molar-refractivity contribution in [2.75, 3.05) is 6.54 Å². The molecule has 0 aliphatic rings. The quantitative estimate of drug-likeness (QED) is 0.573. The first kappa shape index (κ1) is 15.0. The fourth-order valence-corrected chi connectivity index (χ4v) is 1.67. The largest absolute Gasteiger partial charge is 0.508 e. The molecule has 0 saturated heterocycles. The van der Waals surface area contributed by atoms with Crippen molar-refractivity contribution in [3.05, 3.63) is 23.3 Å². The molecule has 5 N–H and O–H groups in total. The number of aliphatic carboxylic acids is 1. The molecule has 1 aromatic carbocycles. The third-order valence-electron chi connectivity index (χ3n) is 2.70. The molecule has 19 heavy (non-hydrogen) atoms. The number of hydrogen-bond acceptors (Lipinski definition) is 5. The Hall–Kier alpha value is -2.08. The summed E-state index contributed by atoms with van der Waals surface area (Å²) >= 11 is 0. The maximum atomic E-state index is 11.0. The molecule has 0 aromatic heterocycles. The van der Waals surface area contributed by atoms with Crippen LogP contribution in [-0.2, 0) is 4.79 Å². The standard InChI is InChI=1S/C13H18N2O4/c1-8-5-9(16)6-12(17)10(8)7-15-11(13(18)19)3-2-4-14/h5-7,11,16-17H,2-4,14H2,1H3,(H,18,19). The Bertz CT molecular complexity index is 463. The van der Waals surface area contributed by atoms with Crippen LogP contribution >= 0.6 is 0 Å². The van der Waals surface area contributed by atoms with Gasteiger partial charge in [0.2, 0.25) is 0 Å². The van der Waals surface area contributed by atoms with Gasteiger partial charge in [-0.1, -0.05) is 0 Å². The van der Waals surface area contributed by atoms with E-state index in [1.165, 1.54) is 18.3 Å². The molecule has 0 aliphatic carbocycles. The fourth-order valence-electron chi connectivity index (χ4n) is 1.67. The number of benzene rings is 1. The first-order chi connectivity index (χ1) is 8.95. The van der Waals surface area contributed by atoms with E-state index < -0.39 is 12.0 Å². The normalized spacial score (nSPS) is 12.7. The second-order valence-electron chi connectivity index (χ2n) is 4.26. The molecule has 0 amide bonds. The molecule has 0 fully saturated rings.